The fraction of sp³-hybridized carbons (Fsp3) is 0.500. The first-order valence-electron chi connectivity index (χ1n) is 6.40. The Balaban J connectivity index is 1.68. The van der Waals surface area contributed by atoms with E-state index in [0.717, 1.165) is 31.4 Å². The van der Waals surface area contributed by atoms with Crippen LogP contribution in [0.3, 0.4) is 0 Å². The maximum atomic E-state index is 11.6. The molecule has 1 aromatic carbocycles. The summed E-state index contributed by atoms with van der Waals surface area (Å²) >= 11 is 0. The number of carbonyl (C=O) groups is 1. The van der Waals surface area contributed by atoms with Gasteiger partial charge in [0, 0.05) is 19.6 Å². The number of ether oxygens (including phenoxy) is 1. The Kier molecular flexibility index (Phi) is 4.59. The summed E-state index contributed by atoms with van der Waals surface area (Å²) in [5.74, 6) is 0.259. The molecule has 1 aliphatic heterocycles. The van der Waals surface area contributed by atoms with Crippen LogP contribution in [0.1, 0.15) is 31.2 Å². The molecule has 0 bridgehead atoms. The molecule has 1 heterocycles. The highest BCUT2D eigenvalue weighted by molar-refractivity contribution is 5.75. The second kappa shape index (κ2) is 6.40. The van der Waals surface area contributed by atoms with Crippen LogP contribution < -0.4 is 5.32 Å². The van der Waals surface area contributed by atoms with Gasteiger partial charge in [-0.2, -0.15) is 0 Å². The van der Waals surface area contributed by atoms with Crippen molar-refractivity contribution in [2.24, 2.45) is 0 Å². The van der Waals surface area contributed by atoms with Gasteiger partial charge in [-0.1, -0.05) is 12.1 Å². The summed E-state index contributed by atoms with van der Waals surface area (Å²) in [5, 5.41) is 12.1. The van der Waals surface area contributed by atoms with Crippen LogP contribution >= 0.6 is 0 Å². The Bertz CT molecular complexity index is 400. The van der Waals surface area contributed by atoms with Crippen LogP contribution in [0.5, 0.6) is 5.75 Å². The van der Waals surface area contributed by atoms with E-state index in [4.69, 9.17) is 4.74 Å². The minimum absolute atomic E-state index is 0.0360. The molecular formula is C14H19NO3. The number of rotatable bonds is 5. The summed E-state index contributed by atoms with van der Waals surface area (Å²) in [6, 6.07) is 6.91. The Morgan fingerprint density at radius 2 is 2.39 bits per heavy atom. The van der Waals surface area contributed by atoms with E-state index in [2.05, 4.69) is 5.32 Å². The number of benzene rings is 1. The summed E-state index contributed by atoms with van der Waals surface area (Å²) in [6.07, 6.45) is 3.74. The highest BCUT2D eigenvalue weighted by Crippen LogP contribution is 2.16. The average molecular weight is 249 g/mol. The lowest BCUT2D eigenvalue weighted by Gasteiger charge is -2.09. The molecule has 1 fully saturated rings. The van der Waals surface area contributed by atoms with Gasteiger partial charge in [0.05, 0.1) is 6.10 Å². The van der Waals surface area contributed by atoms with Crippen molar-refractivity contribution in [1.82, 2.24) is 5.32 Å². The van der Waals surface area contributed by atoms with Crippen molar-refractivity contribution < 1.29 is 14.6 Å². The number of phenols is 1. The third-order valence-electron chi connectivity index (χ3n) is 3.12. The average Bonchev–Trinajstić information content (AvgIpc) is 2.87. The number of amides is 1. The Labute approximate surface area is 107 Å². The monoisotopic (exact) mass is 249 g/mol. The van der Waals surface area contributed by atoms with Crippen molar-refractivity contribution in [2.75, 3.05) is 6.61 Å². The largest absolute Gasteiger partial charge is 0.508 e. The molecule has 0 saturated carbocycles. The summed E-state index contributed by atoms with van der Waals surface area (Å²) in [6.45, 7) is 1.29. The Hall–Kier alpha value is -1.55. The number of carbonyl (C=O) groups excluding carboxylic acids is 1. The second-order valence-corrected chi connectivity index (χ2v) is 4.62. The van der Waals surface area contributed by atoms with E-state index < -0.39 is 0 Å². The molecular weight excluding hydrogens is 230 g/mol. The molecule has 1 aliphatic rings. The van der Waals surface area contributed by atoms with Crippen molar-refractivity contribution in [3.8, 4) is 5.75 Å². The zero-order valence-electron chi connectivity index (χ0n) is 10.4. The van der Waals surface area contributed by atoms with Crippen LogP contribution in [0.25, 0.3) is 0 Å². The summed E-state index contributed by atoms with van der Waals surface area (Å²) in [7, 11) is 0. The number of hydrogen-bond acceptors (Lipinski definition) is 3. The van der Waals surface area contributed by atoms with E-state index in [1.54, 1.807) is 18.2 Å². The van der Waals surface area contributed by atoms with E-state index in [1.807, 2.05) is 6.07 Å². The molecule has 0 aliphatic carbocycles. The zero-order valence-corrected chi connectivity index (χ0v) is 10.4. The Morgan fingerprint density at radius 3 is 3.11 bits per heavy atom. The zero-order chi connectivity index (χ0) is 12.8. The predicted molar refractivity (Wildman–Crippen MR) is 68.2 cm³/mol. The lowest BCUT2D eigenvalue weighted by molar-refractivity contribution is -0.121. The lowest BCUT2D eigenvalue weighted by Crippen LogP contribution is -2.23. The van der Waals surface area contributed by atoms with E-state index in [1.165, 1.54) is 0 Å². The van der Waals surface area contributed by atoms with Gasteiger partial charge in [0.2, 0.25) is 5.91 Å². The molecule has 4 heteroatoms. The highest BCUT2D eigenvalue weighted by Gasteiger charge is 2.16. The Morgan fingerprint density at radius 1 is 1.50 bits per heavy atom. The van der Waals surface area contributed by atoms with Crippen LogP contribution in [0, 0.1) is 0 Å². The summed E-state index contributed by atoms with van der Waals surface area (Å²) < 4.78 is 5.47. The third-order valence-corrected chi connectivity index (χ3v) is 3.12. The van der Waals surface area contributed by atoms with Gasteiger partial charge in [-0.25, -0.2) is 0 Å². The second-order valence-electron chi connectivity index (χ2n) is 4.62. The standard InChI is InChI=1S/C14H19NO3/c16-12-4-1-3-11(9-12)10-15-14(17)7-6-13-5-2-8-18-13/h1,3-4,9,13,16H,2,5-8,10H2,(H,15,17). The summed E-state index contributed by atoms with van der Waals surface area (Å²) in [5.41, 5.74) is 0.903. The van der Waals surface area contributed by atoms with Gasteiger partial charge in [0.1, 0.15) is 5.75 Å². The molecule has 1 aromatic rings. The van der Waals surface area contributed by atoms with E-state index in [9.17, 15) is 9.90 Å². The SMILES string of the molecule is O=C(CCC1CCCO1)NCc1cccc(O)c1. The normalized spacial score (nSPS) is 18.8. The van der Waals surface area contributed by atoms with Gasteiger partial charge in [-0.3, -0.25) is 4.79 Å². The minimum Gasteiger partial charge on any atom is -0.508 e. The molecule has 1 unspecified atom stereocenters. The quantitative estimate of drug-likeness (QED) is 0.838. The van der Waals surface area contributed by atoms with Crippen LogP contribution in [0.15, 0.2) is 24.3 Å². The van der Waals surface area contributed by atoms with Crippen LogP contribution in [-0.4, -0.2) is 23.7 Å². The van der Waals surface area contributed by atoms with Crippen molar-refractivity contribution in [1.29, 1.82) is 0 Å². The molecule has 0 spiro atoms. The van der Waals surface area contributed by atoms with Gasteiger partial charge >= 0.3 is 0 Å². The molecule has 18 heavy (non-hydrogen) atoms. The summed E-state index contributed by atoms with van der Waals surface area (Å²) in [4.78, 5) is 11.6. The fourth-order valence-corrected chi connectivity index (χ4v) is 2.12. The predicted octanol–water partition coefficient (Wildman–Crippen LogP) is 1.97. The molecule has 2 rings (SSSR count). The van der Waals surface area contributed by atoms with Gasteiger partial charge in [0.25, 0.3) is 0 Å². The van der Waals surface area contributed by atoms with Gasteiger partial charge in [0.15, 0.2) is 0 Å². The first kappa shape index (κ1) is 12.9. The van der Waals surface area contributed by atoms with Gasteiger partial charge in [-0.05, 0) is 37.0 Å². The number of phenolic OH excluding ortho intramolecular Hbond substituents is 1. The third kappa shape index (κ3) is 4.04. The van der Waals surface area contributed by atoms with Crippen LogP contribution in [0.4, 0.5) is 0 Å². The topological polar surface area (TPSA) is 58.6 Å². The van der Waals surface area contributed by atoms with Gasteiger partial charge < -0.3 is 15.2 Å². The van der Waals surface area contributed by atoms with E-state index in [-0.39, 0.29) is 17.8 Å². The maximum Gasteiger partial charge on any atom is 0.220 e. The highest BCUT2D eigenvalue weighted by atomic mass is 16.5. The molecule has 0 aromatic heterocycles. The van der Waals surface area contributed by atoms with E-state index >= 15 is 0 Å². The van der Waals surface area contributed by atoms with E-state index in [0.29, 0.717) is 13.0 Å². The molecule has 98 valence electrons. The lowest BCUT2D eigenvalue weighted by atomic mass is 10.1. The molecule has 4 nitrogen and oxygen atoms in total. The van der Waals surface area contributed by atoms with Crippen molar-refractivity contribution in [3.05, 3.63) is 29.8 Å². The van der Waals surface area contributed by atoms with Crippen molar-refractivity contribution >= 4 is 5.91 Å². The van der Waals surface area contributed by atoms with Crippen LogP contribution in [-0.2, 0) is 16.1 Å². The van der Waals surface area contributed by atoms with Crippen molar-refractivity contribution in [3.63, 3.8) is 0 Å². The molecule has 1 saturated heterocycles. The smallest absolute Gasteiger partial charge is 0.220 e. The molecule has 0 radical (unpaired) electrons. The molecule has 2 N–H and O–H groups in total. The number of aromatic hydroxyl groups is 1. The van der Waals surface area contributed by atoms with Crippen molar-refractivity contribution in [2.45, 2.75) is 38.3 Å². The van der Waals surface area contributed by atoms with Crippen LogP contribution in [0.2, 0.25) is 0 Å². The molecule has 1 amide bonds. The first-order valence-corrected chi connectivity index (χ1v) is 6.40. The maximum absolute atomic E-state index is 11.6. The fourth-order valence-electron chi connectivity index (χ4n) is 2.12. The molecule has 1 atom stereocenters. The number of nitrogens with one attached hydrogen (secondary N) is 1. The van der Waals surface area contributed by atoms with Gasteiger partial charge in [-0.15, -0.1) is 0 Å². The number of hydrogen-bond donors (Lipinski definition) is 2. The first-order chi connectivity index (χ1) is 8.74. The minimum atomic E-state index is 0.0360.